The molecule has 0 heterocycles. The van der Waals surface area contributed by atoms with E-state index in [0.29, 0.717) is 24.3 Å². The van der Waals surface area contributed by atoms with Gasteiger partial charge in [0.1, 0.15) is 5.82 Å². The second-order valence-corrected chi connectivity index (χ2v) is 8.73. The van der Waals surface area contributed by atoms with Gasteiger partial charge in [0, 0.05) is 6.54 Å². The third kappa shape index (κ3) is 5.26. The highest BCUT2D eigenvalue weighted by molar-refractivity contribution is 7.89. The summed E-state index contributed by atoms with van der Waals surface area (Å²) in [5.41, 5.74) is -1.10. The summed E-state index contributed by atoms with van der Waals surface area (Å²) in [5.74, 6) is -0.688. The molecule has 0 atom stereocenters. The maximum Gasteiger partial charge on any atom is 0.416 e. The normalized spacial score (nSPS) is 13.1. The Balaban J connectivity index is 2.03. The molecule has 7 nitrogen and oxygen atoms in total. The lowest BCUT2D eigenvalue weighted by Gasteiger charge is -2.27. The lowest BCUT2D eigenvalue weighted by atomic mass is 10.2. The van der Waals surface area contributed by atoms with Gasteiger partial charge in [-0.2, -0.15) is 21.6 Å². The third-order valence-electron chi connectivity index (χ3n) is 3.36. The molecule has 0 bridgehead atoms. The minimum absolute atomic E-state index is 0.406. The van der Waals surface area contributed by atoms with Crippen LogP contribution in [0.2, 0.25) is 0 Å². The van der Waals surface area contributed by atoms with E-state index in [9.17, 15) is 39.6 Å². The molecule has 0 N–H and O–H groups in total. The highest BCUT2D eigenvalue weighted by Gasteiger charge is 2.30. The summed E-state index contributed by atoms with van der Waals surface area (Å²) in [6.07, 6.45) is -4.68. The number of hydrogen-bond donors (Lipinski definition) is 0. The average molecular weight is 442 g/mol. The Morgan fingerprint density at radius 1 is 0.893 bits per heavy atom. The standard InChI is InChI=1S/C15H12F4NO6S2/c16-12-3-7-14(8-4-12)28(24,25)26-10-9-20(21)27(22,23)13-5-1-11(2-6-13)15(17,18)19/h1-8H,9-10H2/q-1. The van der Waals surface area contributed by atoms with Gasteiger partial charge in [0.2, 0.25) is 10.0 Å². The molecule has 0 saturated heterocycles. The van der Waals surface area contributed by atoms with Crippen molar-refractivity contribution in [2.75, 3.05) is 13.2 Å². The van der Waals surface area contributed by atoms with Crippen molar-refractivity contribution in [1.29, 1.82) is 0 Å². The average Bonchev–Trinajstić information content (AvgIpc) is 2.61. The summed E-state index contributed by atoms with van der Waals surface area (Å²) in [4.78, 5) is -1.10. The number of alkyl halides is 3. The van der Waals surface area contributed by atoms with E-state index in [1.54, 1.807) is 0 Å². The maximum absolute atomic E-state index is 12.8. The van der Waals surface area contributed by atoms with Crippen LogP contribution in [-0.4, -0.2) is 34.5 Å². The number of hydrogen-bond acceptors (Lipinski definition) is 6. The largest absolute Gasteiger partial charge is 0.772 e. The summed E-state index contributed by atoms with van der Waals surface area (Å²) < 4.78 is 102. The molecule has 2 rings (SSSR count). The molecule has 0 spiro atoms. The molecule has 28 heavy (non-hydrogen) atoms. The Hall–Kier alpha value is -2.06. The number of sulfonamides is 1. The fraction of sp³-hybridized carbons (Fsp3) is 0.200. The lowest BCUT2D eigenvalue weighted by molar-refractivity contribution is -0.137. The Labute approximate surface area is 157 Å². The topological polar surface area (TPSA) is 104 Å². The first kappa shape index (κ1) is 22.2. The van der Waals surface area contributed by atoms with Crippen LogP contribution in [0.1, 0.15) is 5.56 Å². The summed E-state index contributed by atoms with van der Waals surface area (Å²) in [6, 6.07) is 5.78. The third-order valence-corrected chi connectivity index (χ3v) is 6.28. The molecule has 0 saturated carbocycles. The number of rotatable bonds is 7. The molecular formula is C15H12F4NO6S2-. The van der Waals surface area contributed by atoms with Crippen molar-refractivity contribution in [3.8, 4) is 0 Å². The minimum atomic E-state index is -4.70. The fourth-order valence-corrected chi connectivity index (χ4v) is 3.87. The van der Waals surface area contributed by atoms with Gasteiger partial charge in [0.05, 0.1) is 22.0 Å². The highest BCUT2D eigenvalue weighted by Crippen LogP contribution is 2.30. The molecule has 13 heteroatoms. The Morgan fingerprint density at radius 3 is 1.89 bits per heavy atom. The number of nitrogens with zero attached hydrogens (tertiary/aromatic N) is 1. The number of benzene rings is 2. The van der Waals surface area contributed by atoms with Crippen molar-refractivity contribution in [2.24, 2.45) is 0 Å². The van der Waals surface area contributed by atoms with E-state index in [4.69, 9.17) is 0 Å². The van der Waals surface area contributed by atoms with E-state index in [1.807, 2.05) is 0 Å². The Morgan fingerprint density at radius 2 is 1.39 bits per heavy atom. The monoisotopic (exact) mass is 442 g/mol. The van der Waals surface area contributed by atoms with Gasteiger partial charge in [-0.15, -0.1) is 0 Å². The van der Waals surface area contributed by atoms with E-state index < -0.39 is 65.1 Å². The SMILES string of the molecule is O=S(=O)(OCCN([O-])S(=O)(=O)c1ccc(C(F)(F)F)cc1)c1ccc(F)cc1. The van der Waals surface area contributed by atoms with Gasteiger partial charge in [-0.25, -0.2) is 12.8 Å². The van der Waals surface area contributed by atoms with Crippen LogP contribution in [0.3, 0.4) is 0 Å². The predicted molar refractivity (Wildman–Crippen MR) is 88.2 cm³/mol. The zero-order valence-corrected chi connectivity index (χ0v) is 15.4. The first-order valence-corrected chi connectivity index (χ1v) is 10.2. The number of hydroxylamine groups is 1. The van der Waals surface area contributed by atoms with Crippen molar-refractivity contribution in [3.63, 3.8) is 0 Å². The van der Waals surface area contributed by atoms with Crippen LogP contribution in [0, 0.1) is 11.0 Å². The van der Waals surface area contributed by atoms with Crippen LogP contribution in [0.15, 0.2) is 58.3 Å². The quantitative estimate of drug-likeness (QED) is 0.371. The van der Waals surface area contributed by atoms with Gasteiger partial charge in [0.15, 0.2) is 0 Å². The zero-order valence-electron chi connectivity index (χ0n) is 13.8. The molecule has 0 aromatic heterocycles. The van der Waals surface area contributed by atoms with Gasteiger partial charge in [-0.3, -0.25) is 8.65 Å². The maximum atomic E-state index is 12.8. The van der Waals surface area contributed by atoms with Gasteiger partial charge in [0.25, 0.3) is 10.1 Å². The molecule has 0 fully saturated rings. The minimum Gasteiger partial charge on any atom is -0.772 e. The molecule has 0 aliphatic carbocycles. The van der Waals surface area contributed by atoms with Crippen LogP contribution in [0.25, 0.3) is 0 Å². The van der Waals surface area contributed by atoms with Crippen molar-refractivity contribution in [1.82, 2.24) is 4.47 Å². The van der Waals surface area contributed by atoms with E-state index in [1.165, 1.54) is 0 Å². The second kappa shape index (κ2) is 8.13. The van der Waals surface area contributed by atoms with Crippen LogP contribution >= 0.6 is 0 Å². The van der Waals surface area contributed by atoms with E-state index in [2.05, 4.69) is 4.18 Å². The van der Waals surface area contributed by atoms with Gasteiger partial charge in [-0.1, -0.05) is 0 Å². The predicted octanol–water partition coefficient (Wildman–Crippen LogP) is 2.74. The summed E-state index contributed by atoms with van der Waals surface area (Å²) in [5, 5.41) is 11.8. The van der Waals surface area contributed by atoms with Crippen LogP contribution in [0.5, 0.6) is 0 Å². The molecule has 0 aliphatic rings. The van der Waals surface area contributed by atoms with Crippen molar-refractivity contribution in [3.05, 3.63) is 65.1 Å². The molecule has 2 aromatic carbocycles. The van der Waals surface area contributed by atoms with Crippen molar-refractivity contribution >= 4 is 20.1 Å². The van der Waals surface area contributed by atoms with E-state index in [0.717, 1.165) is 24.3 Å². The smallest absolute Gasteiger partial charge is 0.416 e. The summed E-state index contributed by atoms with van der Waals surface area (Å²) in [7, 11) is -9.06. The molecule has 0 aliphatic heterocycles. The molecule has 0 amide bonds. The molecule has 0 radical (unpaired) electrons. The van der Waals surface area contributed by atoms with Crippen molar-refractivity contribution in [2.45, 2.75) is 16.0 Å². The molecule has 0 unspecified atom stereocenters. The van der Waals surface area contributed by atoms with E-state index in [-0.39, 0.29) is 0 Å². The van der Waals surface area contributed by atoms with Crippen LogP contribution < -0.4 is 0 Å². The molecule has 154 valence electrons. The van der Waals surface area contributed by atoms with E-state index >= 15 is 0 Å². The fourth-order valence-electron chi connectivity index (χ4n) is 1.94. The van der Waals surface area contributed by atoms with Gasteiger partial charge < -0.3 is 5.21 Å². The zero-order chi connectivity index (χ0) is 21.2. The first-order chi connectivity index (χ1) is 12.8. The Bertz CT molecular complexity index is 1020. The second-order valence-electron chi connectivity index (χ2n) is 5.28. The summed E-state index contributed by atoms with van der Waals surface area (Å²) >= 11 is 0. The molecular weight excluding hydrogens is 430 g/mol. The summed E-state index contributed by atoms with van der Waals surface area (Å²) in [6.45, 7) is -1.80. The highest BCUT2D eigenvalue weighted by atomic mass is 32.2. The molecule has 2 aromatic rings. The van der Waals surface area contributed by atoms with Gasteiger partial charge in [-0.05, 0) is 48.5 Å². The van der Waals surface area contributed by atoms with Crippen molar-refractivity contribution < 1.29 is 38.6 Å². The number of halogens is 4. The lowest BCUT2D eigenvalue weighted by Crippen LogP contribution is -2.29. The van der Waals surface area contributed by atoms with Crippen LogP contribution in [0.4, 0.5) is 17.6 Å². The van der Waals surface area contributed by atoms with Gasteiger partial charge >= 0.3 is 6.18 Å². The van der Waals surface area contributed by atoms with Crippen LogP contribution in [-0.2, 0) is 30.5 Å². The Kier molecular flexibility index (Phi) is 6.45. The first-order valence-electron chi connectivity index (χ1n) is 7.36.